The Morgan fingerprint density at radius 3 is 2.20 bits per heavy atom. The summed E-state index contributed by atoms with van der Waals surface area (Å²) < 4.78 is 0. The van der Waals surface area contributed by atoms with E-state index in [1.54, 1.807) is 6.07 Å². The third-order valence-electron chi connectivity index (χ3n) is 3.01. The molecule has 0 bridgehead atoms. The van der Waals surface area contributed by atoms with Gasteiger partial charge in [-0.1, -0.05) is 36.4 Å². The van der Waals surface area contributed by atoms with Crippen LogP contribution in [0.25, 0.3) is 0 Å². The van der Waals surface area contributed by atoms with Crippen LogP contribution in [0.4, 0.5) is 5.69 Å². The highest BCUT2D eigenvalue weighted by Gasteiger charge is 2.10. The van der Waals surface area contributed by atoms with Crippen molar-refractivity contribution in [3.8, 4) is 0 Å². The van der Waals surface area contributed by atoms with Crippen LogP contribution in [0.3, 0.4) is 0 Å². The molecule has 0 aromatic heterocycles. The van der Waals surface area contributed by atoms with Crippen LogP contribution in [-0.2, 0) is 0 Å². The summed E-state index contributed by atoms with van der Waals surface area (Å²) in [7, 11) is 0. The summed E-state index contributed by atoms with van der Waals surface area (Å²) in [6.45, 7) is 3.88. The third-order valence-corrected chi connectivity index (χ3v) is 3.21. The second-order valence-corrected chi connectivity index (χ2v) is 4.95. The van der Waals surface area contributed by atoms with E-state index in [0.717, 1.165) is 16.8 Å². The number of para-hydroxylation sites is 1. The fraction of sp³-hybridized carbons (Fsp3) is 0.125. The lowest BCUT2D eigenvalue weighted by molar-refractivity contribution is 0.0977. The molecule has 20 heavy (non-hydrogen) atoms. The lowest BCUT2D eigenvalue weighted by Crippen LogP contribution is -2.34. The van der Waals surface area contributed by atoms with Crippen LogP contribution in [0.15, 0.2) is 48.5 Å². The minimum Gasteiger partial charge on any atom is -0.332 e. The number of hydrogen-bond acceptors (Lipinski definition) is 2. The average Bonchev–Trinajstić information content (AvgIpc) is 2.41. The quantitative estimate of drug-likeness (QED) is 0.830. The number of benzene rings is 2. The van der Waals surface area contributed by atoms with Gasteiger partial charge < -0.3 is 5.32 Å². The molecule has 0 aliphatic heterocycles. The smallest absolute Gasteiger partial charge is 0.257 e. The molecule has 0 unspecified atom stereocenters. The van der Waals surface area contributed by atoms with Gasteiger partial charge in [-0.05, 0) is 49.3 Å². The molecule has 2 N–H and O–H groups in total. The number of rotatable bonds is 2. The van der Waals surface area contributed by atoms with E-state index in [9.17, 15) is 4.79 Å². The van der Waals surface area contributed by atoms with E-state index < -0.39 is 0 Å². The van der Waals surface area contributed by atoms with Crippen molar-refractivity contribution in [1.29, 1.82) is 0 Å². The first kappa shape index (κ1) is 14.2. The van der Waals surface area contributed by atoms with Crippen molar-refractivity contribution in [3.05, 3.63) is 65.2 Å². The van der Waals surface area contributed by atoms with E-state index in [4.69, 9.17) is 12.2 Å². The number of aryl methyl sites for hydroxylation is 2. The molecule has 0 aliphatic rings. The third kappa shape index (κ3) is 3.42. The first-order chi connectivity index (χ1) is 9.58. The van der Waals surface area contributed by atoms with Crippen LogP contribution in [0.2, 0.25) is 0 Å². The zero-order chi connectivity index (χ0) is 14.5. The van der Waals surface area contributed by atoms with Crippen molar-refractivity contribution in [2.45, 2.75) is 13.8 Å². The molecular weight excluding hydrogens is 268 g/mol. The second-order valence-electron chi connectivity index (χ2n) is 4.54. The zero-order valence-corrected chi connectivity index (χ0v) is 12.3. The van der Waals surface area contributed by atoms with E-state index in [-0.39, 0.29) is 5.91 Å². The Morgan fingerprint density at radius 1 is 0.950 bits per heavy atom. The Bertz CT molecular complexity index is 652. The molecule has 2 rings (SSSR count). The van der Waals surface area contributed by atoms with Gasteiger partial charge >= 0.3 is 0 Å². The van der Waals surface area contributed by atoms with Crippen LogP contribution >= 0.6 is 12.2 Å². The molecule has 0 fully saturated rings. The molecule has 0 heterocycles. The average molecular weight is 284 g/mol. The minimum atomic E-state index is -0.200. The Labute approximate surface area is 124 Å². The number of carbonyl (C=O) groups excluding carboxylic acids is 1. The van der Waals surface area contributed by atoms with E-state index in [2.05, 4.69) is 10.6 Å². The highest BCUT2D eigenvalue weighted by atomic mass is 32.1. The molecule has 0 radical (unpaired) electrons. The fourth-order valence-electron chi connectivity index (χ4n) is 1.86. The van der Waals surface area contributed by atoms with Crippen LogP contribution in [-0.4, -0.2) is 11.0 Å². The molecule has 4 heteroatoms. The van der Waals surface area contributed by atoms with Gasteiger partial charge in [0.25, 0.3) is 5.91 Å². The summed E-state index contributed by atoms with van der Waals surface area (Å²) >= 11 is 5.17. The number of thiocarbonyl (C=S) groups is 1. The normalized spacial score (nSPS) is 9.90. The van der Waals surface area contributed by atoms with Crippen molar-refractivity contribution >= 4 is 28.9 Å². The first-order valence-corrected chi connectivity index (χ1v) is 6.72. The van der Waals surface area contributed by atoms with Gasteiger partial charge in [-0.3, -0.25) is 10.1 Å². The maximum Gasteiger partial charge on any atom is 0.257 e. The summed E-state index contributed by atoms with van der Waals surface area (Å²) in [6, 6.07) is 15.2. The minimum absolute atomic E-state index is 0.200. The van der Waals surface area contributed by atoms with Crippen LogP contribution < -0.4 is 10.6 Å². The SMILES string of the molecule is Cc1ccccc1NC(=S)NC(=O)c1ccccc1C. The van der Waals surface area contributed by atoms with Crippen LogP contribution in [0.5, 0.6) is 0 Å². The first-order valence-electron chi connectivity index (χ1n) is 6.31. The molecule has 0 aliphatic carbocycles. The Balaban J connectivity index is 2.04. The number of carbonyl (C=O) groups is 1. The highest BCUT2D eigenvalue weighted by molar-refractivity contribution is 7.80. The van der Waals surface area contributed by atoms with Gasteiger partial charge in [0.1, 0.15) is 0 Å². The Hall–Kier alpha value is -2.20. The van der Waals surface area contributed by atoms with E-state index in [0.29, 0.717) is 10.7 Å². The summed E-state index contributed by atoms with van der Waals surface area (Å²) in [5.41, 5.74) is 3.51. The van der Waals surface area contributed by atoms with E-state index in [1.807, 2.05) is 56.3 Å². The van der Waals surface area contributed by atoms with Crippen molar-refractivity contribution < 1.29 is 4.79 Å². The molecule has 0 spiro atoms. The standard InChI is InChI=1S/C16H16N2OS/c1-11-7-3-5-9-13(11)15(19)18-16(20)17-14-10-6-4-8-12(14)2/h3-10H,1-2H3,(H2,17,18,19,20). The van der Waals surface area contributed by atoms with Gasteiger partial charge in [-0.25, -0.2) is 0 Å². The van der Waals surface area contributed by atoms with Crippen molar-refractivity contribution in [2.24, 2.45) is 0 Å². The molecule has 0 saturated heterocycles. The van der Waals surface area contributed by atoms with Crippen LogP contribution in [0.1, 0.15) is 21.5 Å². The van der Waals surface area contributed by atoms with Crippen molar-refractivity contribution in [3.63, 3.8) is 0 Å². The highest BCUT2D eigenvalue weighted by Crippen LogP contribution is 2.13. The monoisotopic (exact) mass is 284 g/mol. The summed E-state index contributed by atoms with van der Waals surface area (Å²) in [5.74, 6) is -0.200. The fourth-order valence-corrected chi connectivity index (χ4v) is 2.07. The number of hydrogen-bond donors (Lipinski definition) is 2. The molecular formula is C16H16N2OS. The maximum absolute atomic E-state index is 12.1. The topological polar surface area (TPSA) is 41.1 Å². The summed E-state index contributed by atoms with van der Waals surface area (Å²) in [6.07, 6.45) is 0. The molecule has 2 aromatic rings. The molecule has 2 aromatic carbocycles. The van der Waals surface area contributed by atoms with Crippen molar-refractivity contribution in [2.75, 3.05) is 5.32 Å². The predicted octanol–water partition coefficient (Wildman–Crippen LogP) is 3.43. The van der Waals surface area contributed by atoms with Crippen molar-refractivity contribution in [1.82, 2.24) is 5.32 Å². The Kier molecular flexibility index (Phi) is 4.48. The molecule has 0 atom stereocenters. The number of nitrogens with one attached hydrogen (secondary N) is 2. The molecule has 3 nitrogen and oxygen atoms in total. The molecule has 102 valence electrons. The second kappa shape index (κ2) is 6.30. The summed E-state index contributed by atoms with van der Waals surface area (Å²) in [4.78, 5) is 12.1. The zero-order valence-electron chi connectivity index (χ0n) is 11.4. The van der Waals surface area contributed by atoms with Gasteiger partial charge in [-0.15, -0.1) is 0 Å². The lowest BCUT2D eigenvalue weighted by atomic mass is 10.1. The lowest BCUT2D eigenvalue weighted by Gasteiger charge is -2.12. The number of amides is 1. The van der Waals surface area contributed by atoms with Crippen LogP contribution in [0, 0.1) is 13.8 Å². The molecule has 0 saturated carbocycles. The predicted molar refractivity (Wildman–Crippen MR) is 86.0 cm³/mol. The van der Waals surface area contributed by atoms with Gasteiger partial charge in [0.05, 0.1) is 0 Å². The molecule has 1 amide bonds. The summed E-state index contributed by atoms with van der Waals surface area (Å²) in [5, 5.41) is 6.02. The Morgan fingerprint density at radius 2 is 1.55 bits per heavy atom. The number of anilines is 1. The van der Waals surface area contributed by atoms with Gasteiger partial charge in [0.15, 0.2) is 5.11 Å². The van der Waals surface area contributed by atoms with Gasteiger partial charge in [0, 0.05) is 11.3 Å². The van der Waals surface area contributed by atoms with E-state index in [1.165, 1.54) is 0 Å². The maximum atomic E-state index is 12.1. The van der Waals surface area contributed by atoms with E-state index >= 15 is 0 Å². The largest absolute Gasteiger partial charge is 0.332 e. The van der Waals surface area contributed by atoms with Gasteiger partial charge in [0.2, 0.25) is 0 Å². The van der Waals surface area contributed by atoms with Gasteiger partial charge in [-0.2, -0.15) is 0 Å².